The number of sulfonamides is 1. The normalized spacial score (nSPS) is 27.2. The van der Waals surface area contributed by atoms with Gasteiger partial charge in [0.15, 0.2) is 5.03 Å². The highest BCUT2D eigenvalue weighted by Gasteiger charge is 2.34. The van der Waals surface area contributed by atoms with Crippen LogP contribution in [0.5, 0.6) is 0 Å². The molecule has 1 aliphatic rings. The van der Waals surface area contributed by atoms with E-state index in [1.165, 1.54) is 16.8 Å². The molecule has 0 aromatic carbocycles. The van der Waals surface area contributed by atoms with Gasteiger partial charge in [0.05, 0.1) is 6.33 Å². The Kier molecular flexibility index (Phi) is 3.24. The van der Waals surface area contributed by atoms with E-state index in [2.05, 4.69) is 4.98 Å². The van der Waals surface area contributed by atoms with Gasteiger partial charge < -0.3 is 10.3 Å². The smallest absolute Gasteiger partial charge is 0.262 e. The highest BCUT2D eigenvalue weighted by Crippen LogP contribution is 2.23. The van der Waals surface area contributed by atoms with Crippen LogP contribution in [0.1, 0.15) is 19.8 Å². The number of hydrogen-bond donors (Lipinski definition) is 1. The molecule has 0 bridgehead atoms. The molecule has 1 aromatic rings. The fourth-order valence-corrected chi connectivity index (χ4v) is 3.81. The summed E-state index contributed by atoms with van der Waals surface area (Å²) in [5.74, 6) is 0. The summed E-state index contributed by atoms with van der Waals surface area (Å²) < 4.78 is 27.8. The molecule has 2 unspecified atom stereocenters. The average Bonchev–Trinajstić information content (AvgIpc) is 2.64. The van der Waals surface area contributed by atoms with Crippen molar-refractivity contribution < 1.29 is 8.42 Å². The van der Waals surface area contributed by atoms with Crippen LogP contribution in [-0.4, -0.2) is 40.9 Å². The van der Waals surface area contributed by atoms with E-state index in [0.717, 1.165) is 0 Å². The second kappa shape index (κ2) is 4.40. The summed E-state index contributed by atoms with van der Waals surface area (Å²) in [5, 5.41) is 0.113. The molecule has 0 aliphatic carbocycles. The third kappa shape index (κ3) is 2.36. The van der Waals surface area contributed by atoms with Crippen LogP contribution < -0.4 is 5.73 Å². The van der Waals surface area contributed by atoms with Crippen molar-refractivity contribution in [3.8, 4) is 0 Å². The molecule has 0 amide bonds. The largest absolute Gasteiger partial charge is 0.339 e. The Morgan fingerprint density at radius 3 is 2.76 bits per heavy atom. The van der Waals surface area contributed by atoms with Gasteiger partial charge in [-0.25, -0.2) is 13.4 Å². The summed E-state index contributed by atoms with van der Waals surface area (Å²) in [5.41, 5.74) is 5.83. The number of aryl methyl sites for hydroxylation is 1. The van der Waals surface area contributed by atoms with Crippen molar-refractivity contribution in [1.82, 2.24) is 13.9 Å². The van der Waals surface area contributed by atoms with Gasteiger partial charge in [-0.3, -0.25) is 0 Å². The first-order valence-electron chi connectivity index (χ1n) is 5.66. The molecule has 2 atom stereocenters. The van der Waals surface area contributed by atoms with E-state index in [4.69, 9.17) is 5.73 Å². The van der Waals surface area contributed by atoms with Gasteiger partial charge in [0.25, 0.3) is 10.0 Å². The molecule has 6 nitrogen and oxygen atoms in total. The van der Waals surface area contributed by atoms with E-state index >= 15 is 0 Å². The topological polar surface area (TPSA) is 81.2 Å². The lowest BCUT2D eigenvalue weighted by Crippen LogP contribution is -2.48. The first-order valence-corrected chi connectivity index (χ1v) is 7.10. The standard InChI is InChI=1S/C10H18N4O2S/c1-8-5-9(11)3-4-14(8)17(15,16)10-6-13(2)7-12-10/h6-9H,3-5,11H2,1-2H3. The van der Waals surface area contributed by atoms with Crippen LogP contribution in [0.2, 0.25) is 0 Å². The van der Waals surface area contributed by atoms with Crippen molar-refractivity contribution in [1.29, 1.82) is 0 Å². The third-order valence-electron chi connectivity index (χ3n) is 3.11. The highest BCUT2D eigenvalue weighted by molar-refractivity contribution is 7.89. The molecule has 0 saturated carbocycles. The summed E-state index contributed by atoms with van der Waals surface area (Å²) in [6.45, 7) is 2.36. The average molecular weight is 258 g/mol. The Hall–Kier alpha value is -0.920. The van der Waals surface area contributed by atoms with Crippen LogP contribution in [0, 0.1) is 0 Å². The molecule has 0 spiro atoms. The monoisotopic (exact) mass is 258 g/mol. The fraction of sp³-hybridized carbons (Fsp3) is 0.700. The zero-order valence-corrected chi connectivity index (χ0v) is 10.9. The summed E-state index contributed by atoms with van der Waals surface area (Å²) in [7, 11) is -1.72. The zero-order valence-electron chi connectivity index (χ0n) is 10.1. The number of hydrogen-bond acceptors (Lipinski definition) is 4. The predicted octanol–water partition coefficient (Wildman–Crippen LogP) is -0.0796. The quantitative estimate of drug-likeness (QED) is 0.804. The van der Waals surface area contributed by atoms with Gasteiger partial charge in [0.1, 0.15) is 0 Å². The van der Waals surface area contributed by atoms with Gasteiger partial charge in [-0.05, 0) is 19.8 Å². The fourth-order valence-electron chi connectivity index (χ4n) is 2.19. The van der Waals surface area contributed by atoms with Crippen molar-refractivity contribution in [2.75, 3.05) is 6.54 Å². The molecule has 2 heterocycles. The molecule has 1 fully saturated rings. The summed E-state index contributed by atoms with van der Waals surface area (Å²) in [6.07, 6.45) is 4.42. The maximum Gasteiger partial charge on any atom is 0.262 e. The molecule has 1 aromatic heterocycles. The molecular formula is C10H18N4O2S. The van der Waals surface area contributed by atoms with Crippen molar-refractivity contribution in [3.63, 3.8) is 0 Å². The molecule has 96 valence electrons. The van der Waals surface area contributed by atoms with Crippen LogP contribution in [0.15, 0.2) is 17.6 Å². The molecule has 1 saturated heterocycles. The minimum Gasteiger partial charge on any atom is -0.339 e. The minimum absolute atomic E-state index is 0.0641. The Labute approximate surface area is 101 Å². The van der Waals surface area contributed by atoms with Crippen LogP contribution in [0.3, 0.4) is 0 Å². The minimum atomic E-state index is -3.47. The Balaban J connectivity index is 2.27. The van der Waals surface area contributed by atoms with Crippen LogP contribution >= 0.6 is 0 Å². The lowest BCUT2D eigenvalue weighted by atomic mass is 10.0. The second-order valence-electron chi connectivity index (χ2n) is 4.63. The van der Waals surface area contributed by atoms with Gasteiger partial charge in [0, 0.05) is 31.9 Å². The number of piperidine rings is 1. The first-order chi connectivity index (χ1) is 7.91. The van der Waals surface area contributed by atoms with Crippen molar-refractivity contribution >= 4 is 10.0 Å². The van der Waals surface area contributed by atoms with Crippen molar-refractivity contribution in [2.24, 2.45) is 12.8 Å². The predicted molar refractivity (Wildman–Crippen MR) is 63.8 cm³/mol. The molecule has 0 radical (unpaired) electrons. The molecule has 7 heteroatoms. The Morgan fingerprint density at radius 2 is 2.24 bits per heavy atom. The van der Waals surface area contributed by atoms with Gasteiger partial charge in [0.2, 0.25) is 0 Å². The number of nitrogens with two attached hydrogens (primary N) is 1. The molecule has 2 rings (SSSR count). The lowest BCUT2D eigenvalue weighted by molar-refractivity contribution is 0.246. The maximum atomic E-state index is 12.3. The van der Waals surface area contributed by atoms with E-state index in [1.54, 1.807) is 11.6 Å². The summed E-state index contributed by atoms with van der Waals surface area (Å²) in [4.78, 5) is 3.92. The third-order valence-corrected chi connectivity index (χ3v) is 5.01. The van der Waals surface area contributed by atoms with Crippen molar-refractivity contribution in [2.45, 2.75) is 36.9 Å². The van der Waals surface area contributed by atoms with E-state index < -0.39 is 10.0 Å². The Morgan fingerprint density at radius 1 is 1.53 bits per heavy atom. The zero-order chi connectivity index (χ0) is 12.6. The highest BCUT2D eigenvalue weighted by atomic mass is 32.2. The summed E-state index contributed by atoms with van der Waals surface area (Å²) >= 11 is 0. The van der Waals surface area contributed by atoms with Gasteiger partial charge >= 0.3 is 0 Å². The molecule has 1 aliphatic heterocycles. The van der Waals surface area contributed by atoms with E-state index in [9.17, 15) is 8.42 Å². The Bertz CT molecular complexity index is 496. The number of nitrogens with zero attached hydrogens (tertiary/aromatic N) is 3. The molecule has 17 heavy (non-hydrogen) atoms. The van der Waals surface area contributed by atoms with E-state index in [0.29, 0.717) is 19.4 Å². The first kappa shape index (κ1) is 12.5. The van der Waals surface area contributed by atoms with Crippen LogP contribution in [0.4, 0.5) is 0 Å². The van der Waals surface area contributed by atoms with Gasteiger partial charge in [-0.2, -0.15) is 4.31 Å². The second-order valence-corrected chi connectivity index (χ2v) is 6.46. The molecular weight excluding hydrogens is 240 g/mol. The van der Waals surface area contributed by atoms with Crippen molar-refractivity contribution in [3.05, 3.63) is 12.5 Å². The van der Waals surface area contributed by atoms with E-state index in [1.807, 2.05) is 6.92 Å². The number of rotatable bonds is 2. The summed E-state index contributed by atoms with van der Waals surface area (Å²) in [6, 6.07) is 0.0333. The van der Waals surface area contributed by atoms with E-state index in [-0.39, 0.29) is 17.1 Å². The molecule has 2 N–H and O–H groups in total. The number of imidazole rings is 1. The number of aromatic nitrogens is 2. The lowest BCUT2D eigenvalue weighted by Gasteiger charge is -2.34. The SMILES string of the molecule is CC1CC(N)CCN1S(=O)(=O)c1cn(C)cn1. The van der Waals surface area contributed by atoms with Gasteiger partial charge in [-0.15, -0.1) is 0 Å². The van der Waals surface area contributed by atoms with Crippen LogP contribution in [-0.2, 0) is 17.1 Å². The van der Waals surface area contributed by atoms with Gasteiger partial charge in [-0.1, -0.05) is 0 Å². The maximum absolute atomic E-state index is 12.3. The van der Waals surface area contributed by atoms with Crippen LogP contribution in [0.25, 0.3) is 0 Å².